The zero-order chi connectivity index (χ0) is 14.8. The van der Waals surface area contributed by atoms with Gasteiger partial charge in [0.15, 0.2) is 0 Å². The maximum atomic E-state index is 11.6. The zero-order valence-corrected chi connectivity index (χ0v) is 12.6. The first-order valence-corrected chi connectivity index (χ1v) is 7.12. The van der Waals surface area contributed by atoms with Gasteiger partial charge in [-0.05, 0) is 30.3 Å². The van der Waals surface area contributed by atoms with Gasteiger partial charge in [-0.2, -0.15) is 0 Å². The molecule has 0 aliphatic carbocycles. The summed E-state index contributed by atoms with van der Waals surface area (Å²) in [5, 5.41) is 0.849. The van der Waals surface area contributed by atoms with Crippen LogP contribution >= 0.6 is 15.9 Å². The van der Waals surface area contributed by atoms with Crippen LogP contribution in [0.2, 0.25) is 0 Å². The van der Waals surface area contributed by atoms with E-state index in [1.807, 2.05) is 24.3 Å². The molecule has 0 fully saturated rings. The van der Waals surface area contributed by atoms with E-state index < -0.39 is 5.63 Å². The first kappa shape index (κ1) is 13.7. The average Bonchev–Trinajstić information content (AvgIpc) is 2.44. The fraction of sp³-hybridized carbons (Fsp3) is 0.0625. The van der Waals surface area contributed by atoms with E-state index in [4.69, 9.17) is 14.9 Å². The smallest absolute Gasteiger partial charge is 0.336 e. The zero-order valence-electron chi connectivity index (χ0n) is 11.0. The van der Waals surface area contributed by atoms with Crippen molar-refractivity contribution in [1.82, 2.24) is 0 Å². The highest BCUT2D eigenvalue weighted by Gasteiger charge is 2.07. The number of ether oxygens (including phenoxy) is 1. The molecular weight excluding hydrogens is 334 g/mol. The number of nitrogen functional groups attached to an aromatic ring is 1. The molecule has 0 saturated carbocycles. The number of halogens is 1. The molecule has 0 atom stereocenters. The van der Waals surface area contributed by atoms with Gasteiger partial charge in [0.2, 0.25) is 0 Å². The molecule has 0 bridgehead atoms. The maximum Gasteiger partial charge on any atom is 0.336 e. The predicted molar refractivity (Wildman–Crippen MR) is 85.4 cm³/mol. The van der Waals surface area contributed by atoms with E-state index in [1.54, 1.807) is 18.2 Å². The molecule has 1 aromatic heterocycles. The topological polar surface area (TPSA) is 65.5 Å². The fourth-order valence-corrected chi connectivity index (χ4v) is 2.43. The molecule has 4 nitrogen and oxygen atoms in total. The molecule has 0 radical (unpaired) electrons. The maximum absolute atomic E-state index is 11.6. The van der Waals surface area contributed by atoms with Crippen molar-refractivity contribution in [2.24, 2.45) is 0 Å². The second-order valence-electron chi connectivity index (χ2n) is 4.59. The van der Waals surface area contributed by atoms with Gasteiger partial charge in [-0.25, -0.2) is 4.79 Å². The van der Waals surface area contributed by atoms with Crippen LogP contribution in [-0.4, -0.2) is 0 Å². The van der Waals surface area contributed by atoms with Gasteiger partial charge in [0.05, 0.1) is 0 Å². The highest BCUT2D eigenvalue weighted by molar-refractivity contribution is 9.10. The molecule has 21 heavy (non-hydrogen) atoms. The first-order chi connectivity index (χ1) is 10.1. The largest absolute Gasteiger partial charge is 0.489 e. The van der Waals surface area contributed by atoms with Gasteiger partial charge in [-0.1, -0.05) is 22.0 Å². The van der Waals surface area contributed by atoms with Gasteiger partial charge in [0.1, 0.15) is 17.9 Å². The van der Waals surface area contributed by atoms with E-state index in [-0.39, 0.29) is 6.61 Å². The van der Waals surface area contributed by atoms with Crippen LogP contribution in [-0.2, 0) is 6.61 Å². The molecule has 0 aliphatic rings. The van der Waals surface area contributed by atoms with Crippen LogP contribution < -0.4 is 16.1 Å². The minimum Gasteiger partial charge on any atom is -0.489 e. The van der Waals surface area contributed by atoms with Crippen molar-refractivity contribution in [3.63, 3.8) is 0 Å². The Morgan fingerprint density at radius 2 is 2.00 bits per heavy atom. The number of benzene rings is 2. The lowest BCUT2D eigenvalue weighted by Crippen LogP contribution is -2.04. The highest BCUT2D eigenvalue weighted by Crippen LogP contribution is 2.23. The Morgan fingerprint density at radius 1 is 1.14 bits per heavy atom. The van der Waals surface area contributed by atoms with Crippen molar-refractivity contribution in [2.45, 2.75) is 6.61 Å². The van der Waals surface area contributed by atoms with Gasteiger partial charge in [-0.15, -0.1) is 0 Å². The molecule has 2 N–H and O–H groups in total. The third-order valence-electron chi connectivity index (χ3n) is 3.04. The Balaban J connectivity index is 1.95. The van der Waals surface area contributed by atoms with E-state index in [1.165, 1.54) is 6.07 Å². The molecule has 0 unspecified atom stereocenters. The van der Waals surface area contributed by atoms with E-state index >= 15 is 0 Å². The van der Waals surface area contributed by atoms with Gasteiger partial charge < -0.3 is 14.9 Å². The Hall–Kier alpha value is -2.27. The van der Waals surface area contributed by atoms with Crippen LogP contribution in [0.1, 0.15) is 5.56 Å². The standard InChI is InChI=1S/C16H12BrNO3/c17-11-4-5-14-10(6-16(19)21-15(14)7-11)9-20-13-3-1-2-12(18)8-13/h1-8H,9,18H2. The number of hydrogen-bond donors (Lipinski definition) is 1. The van der Waals surface area contributed by atoms with Crippen LogP contribution in [0.3, 0.4) is 0 Å². The van der Waals surface area contributed by atoms with Crippen LogP contribution in [0.5, 0.6) is 5.75 Å². The molecule has 0 amide bonds. The monoisotopic (exact) mass is 345 g/mol. The normalized spacial score (nSPS) is 10.7. The third kappa shape index (κ3) is 3.08. The summed E-state index contributed by atoms with van der Waals surface area (Å²) in [6.07, 6.45) is 0. The highest BCUT2D eigenvalue weighted by atomic mass is 79.9. The van der Waals surface area contributed by atoms with E-state index in [9.17, 15) is 4.79 Å². The summed E-state index contributed by atoms with van der Waals surface area (Å²) in [5.74, 6) is 0.661. The molecule has 3 aromatic rings. The summed E-state index contributed by atoms with van der Waals surface area (Å²) >= 11 is 3.36. The summed E-state index contributed by atoms with van der Waals surface area (Å²) in [6.45, 7) is 0.271. The van der Waals surface area contributed by atoms with Crippen LogP contribution in [0.25, 0.3) is 11.0 Å². The minimum absolute atomic E-state index is 0.271. The van der Waals surface area contributed by atoms with Crippen molar-refractivity contribution in [3.05, 3.63) is 69.0 Å². The number of anilines is 1. The first-order valence-electron chi connectivity index (χ1n) is 6.32. The molecule has 2 aromatic carbocycles. The fourth-order valence-electron chi connectivity index (χ4n) is 2.09. The summed E-state index contributed by atoms with van der Waals surface area (Å²) in [6, 6.07) is 14.2. The Labute approximate surface area is 129 Å². The van der Waals surface area contributed by atoms with E-state index in [2.05, 4.69) is 15.9 Å². The van der Waals surface area contributed by atoms with Crippen molar-refractivity contribution in [2.75, 3.05) is 5.73 Å². The lowest BCUT2D eigenvalue weighted by Gasteiger charge is -2.09. The summed E-state index contributed by atoms with van der Waals surface area (Å²) in [4.78, 5) is 11.6. The average molecular weight is 346 g/mol. The lowest BCUT2D eigenvalue weighted by atomic mass is 10.1. The molecule has 0 saturated heterocycles. The molecule has 106 valence electrons. The van der Waals surface area contributed by atoms with Crippen molar-refractivity contribution in [3.8, 4) is 5.75 Å². The SMILES string of the molecule is Nc1cccc(OCc2cc(=O)oc3cc(Br)ccc23)c1. The molecule has 1 heterocycles. The van der Waals surface area contributed by atoms with Crippen LogP contribution in [0, 0.1) is 0 Å². The number of fused-ring (bicyclic) bond motifs is 1. The molecule has 0 spiro atoms. The summed E-state index contributed by atoms with van der Waals surface area (Å²) < 4.78 is 11.7. The van der Waals surface area contributed by atoms with E-state index in [0.29, 0.717) is 17.0 Å². The van der Waals surface area contributed by atoms with Gasteiger partial charge in [-0.3, -0.25) is 0 Å². The Morgan fingerprint density at radius 3 is 2.81 bits per heavy atom. The molecular formula is C16H12BrNO3. The molecule has 3 rings (SSSR count). The number of hydrogen-bond acceptors (Lipinski definition) is 4. The summed E-state index contributed by atoms with van der Waals surface area (Å²) in [5.41, 5.74) is 7.25. The number of rotatable bonds is 3. The van der Waals surface area contributed by atoms with Gasteiger partial charge in [0, 0.05) is 33.2 Å². The second-order valence-corrected chi connectivity index (χ2v) is 5.51. The quantitative estimate of drug-likeness (QED) is 0.580. The Kier molecular flexibility index (Phi) is 3.66. The van der Waals surface area contributed by atoms with Gasteiger partial charge in [0.25, 0.3) is 0 Å². The number of nitrogens with two attached hydrogens (primary N) is 1. The van der Waals surface area contributed by atoms with E-state index in [0.717, 1.165) is 15.4 Å². The van der Waals surface area contributed by atoms with Crippen molar-refractivity contribution in [1.29, 1.82) is 0 Å². The molecule has 5 heteroatoms. The minimum atomic E-state index is -0.397. The molecule has 0 aliphatic heterocycles. The van der Waals surface area contributed by atoms with Gasteiger partial charge >= 0.3 is 5.63 Å². The second kappa shape index (κ2) is 5.61. The Bertz CT molecular complexity index is 858. The summed E-state index contributed by atoms with van der Waals surface area (Å²) in [7, 11) is 0. The predicted octanol–water partition coefficient (Wildman–Crippen LogP) is 3.72. The van der Waals surface area contributed by atoms with Crippen LogP contribution in [0.4, 0.5) is 5.69 Å². The van der Waals surface area contributed by atoms with Crippen molar-refractivity contribution < 1.29 is 9.15 Å². The van der Waals surface area contributed by atoms with Crippen molar-refractivity contribution >= 4 is 32.6 Å². The lowest BCUT2D eigenvalue weighted by molar-refractivity contribution is 0.307. The van der Waals surface area contributed by atoms with Crippen LogP contribution in [0.15, 0.2) is 62.2 Å². The third-order valence-corrected chi connectivity index (χ3v) is 3.54.